The van der Waals surface area contributed by atoms with Crippen LogP contribution in [0.25, 0.3) is 0 Å². The second-order valence-electron chi connectivity index (χ2n) is 4.28. The molecule has 0 fully saturated rings. The zero-order valence-corrected chi connectivity index (χ0v) is 9.51. The zero-order chi connectivity index (χ0) is 10.6. The number of rotatable bonds is 4. The molecule has 0 atom stereocenters. The van der Waals surface area contributed by atoms with Crippen LogP contribution in [0.1, 0.15) is 27.2 Å². The minimum Gasteiger partial charge on any atom is -0.110 e. The van der Waals surface area contributed by atoms with E-state index in [1.165, 1.54) is 23.0 Å². The number of hydrogen-bond donors (Lipinski definition) is 0. The predicted octanol–water partition coefficient (Wildman–Crippen LogP) is 3.38. The zero-order valence-electron chi connectivity index (χ0n) is 9.51. The van der Waals surface area contributed by atoms with Crippen molar-refractivity contribution >= 4 is 7.28 Å². The van der Waals surface area contributed by atoms with Crippen LogP contribution in [0.3, 0.4) is 0 Å². The van der Waals surface area contributed by atoms with Gasteiger partial charge in [0.1, 0.15) is 0 Å². The molecule has 0 aromatic heterocycles. The van der Waals surface area contributed by atoms with Gasteiger partial charge in [0.25, 0.3) is 0 Å². The van der Waals surface area contributed by atoms with E-state index in [-0.39, 0.29) is 0 Å². The van der Waals surface area contributed by atoms with Crippen molar-refractivity contribution in [3.05, 3.63) is 47.4 Å². The van der Waals surface area contributed by atoms with Gasteiger partial charge in [-0.15, -0.1) is 5.98 Å². The van der Waals surface area contributed by atoms with Crippen LogP contribution < -0.4 is 0 Å². The van der Waals surface area contributed by atoms with Crippen molar-refractivity contribution in [3.8, 4) is 0 Å². The van der Waals surface area contributed by atoms with E-state index >= 15 is 0 Å². The van der Waals surface area contributed by atoms with Crippen LogP contribution in [-0.4, -0.2) is 7.28 Å². The molecule has 14 heavy (non-hydrogen) atoms. The van der Waals surface area contributed by atoms with Gasteiger partial charge in [0.2, 0.25) is 0 Å². The minimum atomic E-state index is 0.749. The minimum absolute atomic E-state index is 0.749. The molecular weight excluding hydrogens is 167 g/mol. The Morgan fingerprint density at radius 1 is 1.50 bits per heavy atom. The van der Waals surface area contributed by atoms with Crippen LogP contribution in [0, 0.1) is 5.92 Å². The Labute approximate surface area is 88.3 Å². The summed E-state index contributed by atoms with van der Waals surface area (Å²) in [6.45, 7) is 10.5. The molecule has 1 rings (SSSR count). The van der Waals surface area contributed by atoms with Gasteiger partial charge in [-0.25, -0.2) is 0 Å². The lowest BCUT2D eigenvalue weighted by molar-refractivity contribution is 0.647. The Morgan fingerprint density at radius 3 is 2.79 bits per heavy atom. The summed E-state index contributed by atoms with van der Waals surface area (Å²) < 4.78 is 0. The average molecular weight is 186 g/mol. The molecule has 0 N–H and O–H groups in total. The molecule has 74 valence electrons. The molecule has 0 unspecified atom stereocenters. The second-order valence-corrected chi connectivity index (χ2v) is 4.28. The molecule has 0 aromatic carbocycles. The highest BCUT2D eigenvalue weighted by Gasteiger charge is 2.13. The fraction of sp³-hybridized carbons (Fsp3) is 0.385. The quantitative estimate of drug-likeness (QED) is 0.466. The van der Waals surface area contributed by atoms with E-state index in [4.69, 9.17) is 0 Å². The van der Waals surface area contributed by atoms with Gasteiger partial charge < -0.3 is 0 Å². The third-order valence-electron chi connectivity index (χ3n) is 2.59. The fourth-order valence-electron chi connectivity index (χ4n) is 1.80. The summed E-state index contributed by atoms with van der Waals surface area (Å²) in [5, 5.41) is 0. The third kappa shape index (κ3) is 2.76. The summed E-state index contributed by atoms with van der Waals surface area (Å²) in [6.07, 6.45) is 7.23. The van der Waals surface area contributed by atoms with Gasteiger partial charge in [0, 0.05) is 0 Å². The van der Waals surface area contributed by atoms with E-state index in [1.54, 1.807) is 0 Å². The van der Waals surface area contributed by atoms with Gasteiger partial charge in [-0.3, -0.25) is 0 Å². The van der Waals surface area contributed by atoms with Crippen LogP contribution in [0.15, 0.2) is 47.4 Å². The Morgan fingerprint density at radius 2 is 2.21 bits per heavy atom. The maximum atomic E-state index is 3.69. The molecule has 0 spiro atoms. The van der Waals surface area contributed by atoms with E-state index in [2.05, 4.69) is 39.4 Å². The van der Waals surface area contributed by atoms with E-state index in [0.29, 0.717) is 0 Å². The van der Waals surface area contributed by atoms with E-state index in [9.17, 15) is 0 Å². The first-order valence-electron chi connectivity index (χ1n) is 5.33. The highest BCUT2D eigenvalue weighted by Crippen LogP contribution is 2.26. The lowest BCUT2D eigenvalue weighted by Gasteiger charge is -2.08. The summed E-state index contributed by atoms with van der Waals surface area (Å²) in [5.74, 6) is 3.11. The highest BCUT2D eigenvalue weighted by molar-refractivity contribution is 6.54. The van der Waals surface area contributed by atoms with Gasteiger partial charge in [-0.2, -0.15) is 0 Å². The number of hydrogen-bond acceptors (Lipinski definition) is 0. The molecule has 0 radical (unpaired) electrons. The molecule has 0 bridgehead atoms. The molecule has 1 heteroatoms. The maximum Gasteiger partial charge on any atom is 0.183 e. The van der Waals surface area contributed by atoms with Crippen LogP contribution in [0.2, 0.25) is 0 Å². The van der Waals surface area contributed by atoms with Crippen LogP contribution in [0.4, 0.5) is 0 Å². The van der Waals surface area contributed by atoms with Crippen molar-refractivity contribution in [1.29, 1.82) is 0 Å². The molecule has 1 aliphatic heterocycles. The van der Waals surface area contributed by atoms with Crippen molar-refractivity contribution in [2.45, 2.75) is 27.2 Å². The molecule has 0 saturated heterocycles. The topological polar surface area (TPSA) is 0 Å². The molecular formula is C13H19B. The summed E-state index contributed by atoms with van der Waals surface area (Å²) in [6, 6.07) is 0. The first-order valence-corrected chi connectivity index (χ1v) is 5.33. The molecule has 0 aliphatic carbocycles. The lowest BCUT2D eigenvalue weighted by Crippen LogP contribution is -1.91. The van der Waals surface area contributed by atoms with E-state index in [1.807, 2.05) is 12.2 Å². The molecule has 0 saturated carbocycles. The molecule has 1 heterocycles. The van der Waals surface area contributed by atoms with Crippen molar-refractivity contribution in [2.24, 2.45) is 5.92 Å². The van der Waals surface area contributed by atoms with E-state index < -0.39 is 0 Å². The van der Waals surface area contributed by atoms with Gasteiger partial charge in [-0.05, 0) is 19.3 Å². The standard InChI is InChI=1S/C13H19B/c1-5-6-7-13-11(4)12(9-14-13)8-10(2)3/h5-7,9-10,14H,1,8H2,2-4H3/b7-6-. The summed E-state index contributed by atoms with van der Waals surface area (Å²) in [5.41, 5.74) is 4.45. The molecule has 0 aromatic rings. The molecule has 0 nitrogen and oxygen atoms in total. The lowest BCUT2D eigenvalue weighted by atomic mass is 9.72. The van der Waals surface area contributed by atoms with Crippen LogP contribution in [0.5, 0.6) is 0 Å². The first kappa shape index (κ1) is 11.1. The Hall–Kier alpha value is -0.975. The SMILES string of the molecule is C=C/C=C\C1=C(C)C(CC(C)C)=CB1. The van der Waals surface area contributed by atoms with Crippen LogP contribution in [-0.2, 0) is 0 Å². The number of allylic oxidation sites excluding steroid dienone is 6. The average Bonchev–Trinajstić information content (AvgIpc) is 2.45. The smallest absolute Gasteiger partial charge is 0.110 e. The normalized spacial score (nSPS) is 16.4. The van der Waals surface area contributed by atoms with Gasteiger partial charge >= 0.3 is 0 Å². The van der Waals surface area contributed by atoms with E-state index in [0.717, 1.165) is 13.2 Å². The Balaban J connectivity index is 2.71. The Kier molecular flexibility index (Phi) is 4.00. The van der Waals surface area contributed by atoms with Gasteiger partial charge in [-0.1, -0.05) is 55.3 Å². The third-order valence-corrected chi connectivity index (χ3v) is 2.59. The summed E-state index contributed by atoms with van der Waals surface area (Å²) in [7, 11) is 1.10. The molecule has 1 aliphatic rings. The Bertz CT molecular complexity index is 303. The van der Waals surface area contributed by atoms with Crippen molar-refractivity contribution < 1.29 is 0 Å². The van der Waals surface area contributed by atoms with Gasteiger partial charge in [0.05, 0.1) is 0 Å². The largest absolute Gasteiger partial charge is 0.183 e. The fourth-order valence-corrected chi connectivity index (χ4v) is 1.80. The first-order chi connectivity index (χ1) is 6.65. The van der Waals surface area contributed by atoms with Crippen molar-refractivity contribution in [1.82, 2.24) is 0 Å². The highest BCUT2D eigenvalue weighted by atomic mass is 14.1. The van der Waals surface area contributed by atoms with Gasteiger partial charge in [0.15, 0.2) is 7.28 Å². The van der Waals surface area contributed by atoms with Crippen molar-refractivity contribution in [2.75, 3.05) is 0 Å². The molecule has 0 amide bonds. The summed E-state index contributed by atoms with van der Waals surface area (Å²) in [4.78, 5) is 0. The monoisotopic (exact) mass is 186 g/mol. The van der Waals surface area contributed by atoms with Crippen LogP contribution >= 0.6 is 0 Å². The summed E-state index contributed by atoms with van der Waals surface area (Å²) >= 11 is 0. The second kappa shape index (κ2) is 5.04. The predicted molar refractivity (Wildman–Crippen MR) is 66.7 cm³/mol. The maximum absolute atomic E-state index is 3.69. The van der Waals surface area contributed by atoms with Crippen molar-refractivity contribution in [3.63, 3.8) is 0 Å².